The van der Waals surface area contributed by atoms with Crippen molar-refractivity contribution in [2.75, 3.05) is 6.61 Å². The molecule has 3 heteroatoms. The van der Waals surface area contributed by atoms with Crippen LogP contribution in [0.5, 0.6) is 0 Å². The lowest BCUT2D eigenvalue weighted by atomic mass is 9.76. The average molecular weight is 256 g/mol. The maximum Gasteiger partial charge on any atom is 0.306 e. The Morgan fingerprint density at radius 3 is 2.22 bits per heavy atom. The van der Waals surface area contributed by atoms with Gasteiger partial charge in [-0.05, 0) is 12.3 Å². The number of rotatable bonds is 9. The molecule has 0 aliphatic carbocycles. The standard InChI is InChI=1S/C15H28O3/c1-6-7-8-11-18-14(17)10-9-13(16)15(4,5)12(2)3/h12H,6-11H2,1-5H3. The van der Waals surface area contributed by atoms with Crippen LogP contribution in [0.15, 0.2) is 0 Å². The maximum atomic E-state index is 12.0. The van der Waals surface area contributed by atoms with Gasteiger partial charge in [-0.1, -0.05) is 47.5 Å². The Balaban J connectivity index is 3.89. The van der Waals surface area contributed by atoms with Crippen LogP contribution in [0.1, 0.15) is 66.7 Å². The second-order valence-electron chi connectivity index (χ2n) is 5.73. The molecule has 0 aromatic rings. The third-order valence-electron chi connectivity index (χ3n) is 3.73. The normalized spacial score (nSPS) is 11.7. The summed E-state index contributed by atoms with van der Waals surface area (Å²) < 4.78 is 5.08. The van der Waals surface area contributed by atoms with Gasteiger partial charge in [0.2, 0.25) is 0 Å². The van der Waals surface area contributed by atoms with Crippen LogP contribution < -0.4 is 0 Å². The van der Waals surface area contributed by atoms with Gasteiger partial charge in [0, 0.05) is 11.8 Å². The van der Waals surface area contributed by atoms with Crippen molar-refractivity contribution in [3.63, 3.8) is 0 Å². The Kier molecular flexibility index (Phi) is 7.88. The van der Waals surface area contributed by atoms with E-state index in [1.807, 2.05) is 27.7 Å². The molecule has 0 unspecified atom stereocenters. The molecule has 0 rings (SSSR count). The third kappa shape index (κ3) is 6.18. The van der Waals surface area contributed by atoms with Crippen LogP contribution in [0.2, 0.25) is 0 Å². The van der Waals surface area contributed by atoms with Crippen LogP contribution in [0.25, 0.3) is 0 Å². The molecule has 0 fully saturated rings. The van der Waals surface area contributed by atoms with Crippen molar-refractivity contribution in [1.29, 1.82) is 0 Å². The number of carbonyl (C=O) groups excluding carboxylic acids is 2. The predicted octanol–water partition coefficient (Wildman–Crippen LogP) is 3.75. The van der Waals surface area contributed by atoms with Crippen LogP contribution in [-0.2, 0) is 14.3 Å². The molecule has 0 heterocycles. The van der Waals surface area contributed by atoms with Crippen LogP contribution >= 0.6 is 0 Å². The van der Waals surface area contributed by atoms with Crippen molar-refractivity contribution in [3.8, 4) is 0 Å². The minimum atomic E-state index is -0.359. The molecular weight excluding hydrogens is 228 g/mol. The Hall–Kier alpha value is -0.860. The summed E-state index contributed by atoms with van der Waals surface area (Å²) in [5, 5.41) is 0. The van der Waals surface area contributed by atoms with E-state index >= 15 is 0 Å². The van der Waals surface area contributed by atoms with Gasteiger partial charge >= 0.3 is 5.97 Å². The first-order valence-corrected chi connectivity index (χ1v) is 7.01. The quantitative estimate of drug-likeness (QED) is 0.466. The number of esters is 1. The van der Waals surface area contributed by atoms with E-state index in [2.05, 4.69) is 6.92 Å². The van der Waals surface area contributed by atoms with Gasteiger partial charge in [-0.15, -0.1) is 0 Å². The van der Waals surface area contributed by atoms with Crippen LogP contribution in [0, 0.1) is 11.3 Å². The van der Waals surface area contributed by atoms with E-state index in [-0.39, 0.29) is 35.9 Å². The van der Waals surface area contributed by atoms with Crippen LogP contribution in [-0.4, -0.2) is 18.4 Å². The zero-order valence-corrected chi connectivity index (χ0v) is 12.5. The van der Waals surface area contributed by atoms with Gasteiger partial charge in [-0.3, -0.25) is 9.59 Å². The zero-order valence-electron chi connectivity index (χ0n) is 12.5. The Morgan fingerprint density at radius 2 is 1.72 bits per heavy atom. The lowest BCUT2D eigenvalue weighted by Crippen LogP contribution is -2.30. The molecule has 0 atom stereocenters. The summed E-state index contributed by atoms with van der Waals surface area (Å²) in [4.78, 5) is 23.4. The van der Waals surface area contributed by atoms with E-state index in [9.17, 15) is 9.59 Å². The van der Waals surface area contributed by atoms with Crippen LogP contribution in [0.3, 0.4) is 0 Å². The Bertz CT molecular complexity index is 267. The van der Waals surface area contributed by atoms with Gasteiger partial charge in [0.15, 0.2) is 0 Å². The maximum absolute atomic E-state index is 12.0. The van der Waals surface area contributed by atoms with E-state index in [0.717, 1.165) is 19.3 Å². The number of hydrogen-bond acceptors (Lipinski definition) is 3. The summed E-state index contributed by atoms with van der Waals surface area (Å²) >= 11 is 0. The summed E-state index contributed by atoms with van der Waals surface area (Å²) in [7, 11) is 0. The van der Waals surface area contributed by atoms with Crippen molar-refractivity contribution in [2.45, 2.75) is 66.7 Å². The monoisotopic (exact) mass is 256 g/mol. The molecule has 0 aromatic carbocycles. The van der Waals surface area contributed by atoms with Crippen molar-refractivity contribution in [2.24, 2.45) is 11.3 Å². The first kappa shape index (κ1) is 17.1. The molecule has 0 spiro atoms. The fourth-order valence-corrected chi connectivity index (χ4v) is 1.47. The molecule has 106 valence electrons. The largest absolute Gasteiger partial charge is 0.466 e. The number of unbranched alkanes of at least 4 members (excludes halogenated alkanes) is 2. The highest BCUT2D eigenvalue weighted by Gasteiger charge is 2.30. The van der Waals surface area contributed by atoms with Crippen molar-refractivity contribution in [1.82, 2.24) is 0 Å². The minimum absolute atomic E-state index is 0.142. The summed E-state index contributed by atoms with van der Waals surface area (Å²) in [6.45, 7) is 10.5. The summed E-state index contributed by atoms with van der Waals surface area (Å²) in [5.74, 6) is 0.174. The predicted molar refractivity (Wildman–Crippen MR) is 73.3 cm³/mol. The van der Waals surface area contributed by atoms with E-state index in [1.165, 1.54) is 0 Å². The molecule has 0 saturated heterocycles. The number of Topliss-reactive ketones (excluding diaryl/α,β-unsaturated/α-hetero) is 1. The molecule has 0 saturated carbocycles. The van der Waals surface area contributed by atoms with Gasteiger partial charge < -0.3 is 4.74 Å². The number of carbonyl (C=O) groups is 2. The Labute approximate surface area is 111 Å². The highest BCUT2D eigenvalue weighted by atomic mass is 16.5. The van der Waals surface area contributed by atoms with Crippen molar-refractivity contribution >= 4 is 11.8 Å². The molecule has 18 heavy (non-hydrogen) atoms. The second-order valence-corrected chi connectivity index (χ2v) is 5.73. The van der Waals surface area contributed by atoms with E-state index in [4.69, 9.17) is 4.74 Å². The smallest absolute Gasteiger partial charge is 0.306 e. The van der Waals surface area contributed by atoms with E-state index in [1.54, 1.807) is 0 Å². The van der Waals surface area contributed by atoms with Crippen molar-refractivity contribution in [3.05, 3.63) is 0 Å². The van der Waals surface area contributed by atoms with E-state index < -0.39 is 0 Å². The summed E-state index contributed by atoms with van der Waals surface area (Å²) in [6, 6.07) is 0. The zero-order chi connectivity index (χ0) is 14.2. The molecule has 3 nitrogen and oxygen atoms in total. The lowest BCUT2D eigenvalue weighted by molar-refractivity contribution is -0.145. The average Bonchev–Trinajstić information content (AvgIpc) is 2.31. The van der Waals surface area contributed by atoms with Gasteiger partial charge in [0.25, 0.3) is 0 Å². The van der Waals surface area contributed by atoms with Gasteiger partial charge in [0.1, 0.15) is 5.78 Å². The highest BCUT2D eigenvalue weighted by molar-refractivity contribution is 5.87. The van der Waals surface area contributed by atoms with Crippen LogP contribution in [0.4, 0.5) is 0 Å². The van der Waals surface area contributed by atoms with Crippen molar-refractivity contribution < 1.29 is 14.3 Å². The topological polar surface area (TPSA) is 43.4 Å². The lowest BCUT2D eigenvalue weighted by Gasteiger charge is -2.27. The third-order valence-corrected chi connectivity index (χ3v) is 3.73. The Morgan fingerprint density at radius 1 is 1.11 bits per heavy atom. The molecule has 0 N–H and O–H groups in total. The summed E-state index contributed by atoms with van der Waals surface area (Å²) in [5.41, 5.74) is -0.359. The molecule has 0 bridgehead atoms. The first-order valence-electron chi connectivity index (χ1n) is 7.01. The fourth-order valence-electron chi connectivity index (χ4n) is 1.47. The minimum Gasteiger partial charge on any atom is -0.466 e. The molecule has 0 amide bonds. The fraction of sp³-hybridized carbons (Fsp3) is 0.867. The number of ether oxygens (including phenoxy) is 1. The van der Waals surface area contributed by atoms with Gasteiger partial charge in [-0.25, -0.2) is 0 Å². The SMILES string of the molecule is CCCCCOC(=O)CCC(=O)C(C)(C)C(C)C. The second kappa shape index (κ2) is 8.28. The molecular formula is C15H28O3. The number of hydrogen-bond donors (Lipinski definition) is 0. The molecule has 0 aromatic heterocycles. The van der Waals surface area contributed by atoms with Gasteiger partial charge in [0.05, 0.1) is 13.0 Å². The number of ketones is 1. The van der Waals surface area contributed by atoms with Gasteiger partial charge in [-0.2, -0.15) is 0 Å². The first-order chi connectivity index (χ1) is 8.32. The highest BCUT2D eigenvalue weighted by Crippen LogP contribution is 2.28. The molecule has 0 aliphatic heterocycles. The van der Waals surface area contributed by atoms with E-state index in [0.29, 0.717) is 6.61 Å². The summed E-state index contributed by atoms with van der Waals surface area (Å²) in [6.07, 6.45) is 3.60. The molecule has 0 radical (unpaired) electrons. The molecule has 0 aliphatic rings.